The van der Waals surface area contributed by atoms with Crippen LogP contribution in [0.25, 0.3) is 0 Å². The van der Waals surface area contributed by atoms with Crippen molar-refractivity contribution in [3.8, 4) is 5.75 Å². The van der Waals surface area contributed by atoms with Crippen LogP contribution in [0, 0.1) is 10.8 Å². The Kier molecular flexibility index (Phi) is 7.99. The molecule has 0 aromatic heterocycles. The smallest absolute Gasteiger partial charge is 0.269 e. The number of halogens is 1. The SMILES string of the molecule is CCC(C)(C)CCC(Oc1ccccc1)(C(=O)Nc1ccc(Cl)cc1)C(C)(C)CC. The molecular weight excluding hydrogens is 394 g/mol. The zero-order valence-corrected chi connectivity index (χ0v) is 20.0. The Balaban J connectivity index is 2.49. The van der Waals surface area contributed by atoms with E-state index in [1.165, 1.54) is 0 Å². The quantitative estimate of drug-likeness (QED) is 0.419. The minimum absolute atomic E-state index is 0.118. The van der Waals surface area contributed by atoms with Crippen molar-refractivity contribution in [2.45, 2.75) is 72.8 Å². The van der Waals surface area contributed by atoms with Crippen molar-refractivity contribution in [3.63, 3.8) is 0 Å². The van der Waals surface area contributed by atoms with Crippen LogP contribution in [0.3, 0.4) is 0 Å². The van der Waals surface area contributed by atoms with Gasteiger partial charge in [-0.05, 0) is 61.1 Å². The Morgan fingerprint density at radius 1 is 0.900 bits per heavy atom. The van der Waals surface area contributed by atoms with E-state index in [0.29, 0.717) is 22.9 Å². The van der Waals surface area contributed by atoms with Crippen LogP contribution in [0.1, 0.15) is 67.2 Å². The number of ether oxygens (including phenoxy) is 1. The number of nitrogens with one attached hydrogen (secondary N) is 1. The molecule has 0 radical (unpaired) electrons. The van der Waals surface area contributed by atoms with Gasteiger partial charge in [0.05, 0.1) is 0 Å². The number of anilines is 1. The Morgan fingerprint density at radius 3 is 2.03 bits per heavy atom. The van der Waals surface area contributed by atoms with E-state index in [9.17, 15) is 4.79 Å². The molecule has 0 saturated carbocycles. The summed E-state index contributed by atoms with van der Waals surface area (Å²) in [5, 5.41) is 3.74. The number of hydrogen-bond donors (Lipinski definition) is 1. The summed E-state index contributed by atoms with van der Waals surface area (Å²) in [6, 6.07) is 16.9. The van der Waals surface area contributed by atoms with Gasteiger partial charge in [-0.25, -0.2) is 0 Å². The molecule has 0 aliphatic carbocycles. The zero-order valence-electron chi connectivity index (χ0n) is 19.2. The first kappa shape index (κ1) is 24.3. The first-order chi connectivity index (χ1) is 14.0. The Labute approximate surface area is 187 Å². The third-order valence-corrected chi connectivity index (χ3v) is 6.84. The van der Waals surface area contributed by atoms with Crippen LogP contribution in [0.4, 0.5) is 5.69 Å². The van der Waals surface area contributed by atoms with E-state index in [-0.39, 0.29) is 16.7 Å². The minimum Gasteiger partial charge on any atom is -0.477 e. The van der Waals surface area contributed by atoms with Gasteiger partial charge in [0, 0.05) is 16.1 Å². The monoisotopic (exact) mass is 429 g/mol. The maximum Gasteiger partial charge on any atom is 0.269 e. The van der Waals surface area contributed by atoms with Gasteiger partial charge in [0.15, 0.2) is 5.60 Å². The third kappa shape index (κ3) is 5.78. The molecular formula is C26H36ClNO2. The molecule has 2 aromatic carbocycles. The summed E-state index contributed by atoms with van der Waals surface area (Å²) in [7, 11) is 0. The molecule has 1 unspecified atom stereocenters. The van der Waals surface area contributed by atoms with Gasteiger partial charge in [-0.3, -0.25) is 4.79 Å². The van der Waals surface area contributed by atoms with Gasteiger partial charge in [0.1, 0.15) is 5.75 Å². The van der Waals surface area contributed by atoms with Crippen LogP contribution in [0.5, 0.6) is 5.75 Å². The predicted molar refractivity (Wildman–Crippen MR) is 127 cm³/mol. The van der Waals surface area contributed by atoms with Gasteiger partial charge in [-0.1, -0.05) is 77.8 Å². The van der Waals surface area contributed by atoms with Crippen LogP contribution in [0.15, 0.2) is 54.6 Å². The number of benzene rings is 2. The summed E-state index contributed by atoms with van der Waals surface area (Å²) in [4.78, 5) is 13.9. The second kappa shape index (κ2) is 9.87. The summed E-state index contributed by atoms with van der Waals surface area (Å²) in [6.07, 6.45) is 3.36. The summed E-state index contributed by atoms with van der Waals surface area (Å²) >= 11 is 6.02. The van der Waals surface area contributed by atoms with Crippen molar-refractivity contribution in [2.24, 2.45) is 10.8 Å². The van der Waals surface area contributed by atoms with Gasteiger partial charge >= 0.3 is 0 Å². The van der Waals surface area contributed by atoms with E-state index in [1.54, 1.807) is 12.1 Å². The molecule has 0 heterocycles. The standard InChI is InChI=1S/C26H36ClNO2/c1-7-24(3,4)18-19-26(25(5,6)8-2,30-22-12-10-9-11-13-22)23(29)28-21-16-14-20(27)15-17-21/h9-17H,7-8,18-19H2,1-6H3,(H,28,29). The second-order valence-electron chi connectivity index (χ2n) is 9.46. The summed E-state index contributed by atoms with van der Waals surface area (Å²) in [5.41, 5.74) is -0.569. The van der Waals surface area contributed by atoms with Crippen molar-refractivity contribution in [3.05, 3.63) is 59.6 Å². The van der Waals surface area contributed by atoms with E-state index < -0.39 is 5.60 Å². The Hall–Kier alpha value is -2.00. The highest BCUT2D eigenvalue weighted by molar-refractivity contribution is 6.30. The molecule has 1 amide bonds. The van der Waals surface area contributed by atoms with Gasteiger partial charge in [0.2, 0.25) is 0 Å². The van der Waals surface area contributed by atoms with Gasteiger partial charge in [-0.2, -0.15) is 0 Å². The van der Waals surface area contributed by atoms with Crippen LogP contribution in [0.2, 0.25) is 5.02 Å². The van der Waals surface area contributed by atoms with E-state index in [1.807, 2.05) is 42.5 Å². The fourth-order valence-electron chi connectivity index (χ4n) is 3.43. The predicted octanol–water partition coefficient (Wildman–Crippen LogP) is 7.75. The molecule has 3 nitrogen and oxygen atoms in total. The van der Waals surface area contributed by atoms with Gasteiger partial charge in [-0.15, -0.1) is 0 Å². The Bertz CT molecular complexity index is 815. The molecule has 0 bridgehead atoms. The fourth-order valence-corrected chi connectivity index (χ4v) is 3.55. The largest absolute Gasteiger partial charge is 0.477 e. The molecule has 1 atom stereocenters. The molecule has 0 fully saturated rings. The topological polar surface area (TPSA) is 38.3 Å². The van der Waals surface area contributed by atoms with Crippen molar-refractivity contribution >= 4 is 23.2 Å². The van der Waals surface area contributed by atoms with E-state index >= 15 is 0 Å². The lowest BCUT2D eigenvalue weighted by atomic mass is 9.67. The number of carbonyl (C=O) groups is 1. The number of hydrogen-bond acceptors (Lipinski definition) is 2. The lowest BCUT2D eigenvalue weighted by Crippen LogP contribution is -2.58. The van der Waals surface area contributed by atoms with Gasteiger partial charge in [0.25, 0.3) is 5.91 Å². The number of amides is 1. The first-order valence-electron chi connectivity index (χ1n) is 10.9. The molecule has 1 N–H and O–H groups in total. The minimum atomic E-state index is -1.02. The highest BCUT2D eigenvalue weighted by atomic mass is 35.5. The second-order valence-corrected chi connectivity index (χ2v) is 9.89. The van der Waals surface area contributed by atoms with Crippen LogP contribution < -0.4 is 10.1 Å². The fraction of sp³-hybridized carbons (Fsp3) is 0.500. The number of para-hydroxylation sites is 1. The summed E-state index contributed by atoms with van der Waals surface area (Å²) < 4.78 is 6.62. The van der Waals surface area contributed by atoms with Crippen molar-refractivity contribution in [1.29, 1.82) is 0 Å². The summed E-state index contributed by atoms with van der Waals surface area (Å²) in [5.74, 6) is 0.590. The molecule has 0 aliphatic heterocycles. The van der Waals surface area contributed by atoms with E-state index in [4.69, 9.17) is 16.3 Å². The molecule has 0 saturated heterocycles. The van der Waals surface area contributed by atoms with E-state index in [0.717, 1.165) is 19.3 Å². The van der Waals surface area contributed by atoms with Crippen molar-refractivity contribution in [1.82, 2.24) is 0 Å². The van der Waals surface area contributed by atoms with Crippen molar-refractivity contribution in [2.75, 3.05) is 5.32 Å². The summed E-state index contributed by atoms with van der Waals surface area (Å²) in [6.45, 7) is 13.0. The van der Waals surface area contributed by atoms with Gasteiger partial charge < -0.3 is 10.1 Å². The lowest BCUT2D eigenvalue weighted by molar-refractivity contribution is -0.145. The van der Waals surface area contributed by atoms with Crippen LogP contribution in [-0.2, 0) is 4.79 Å². The molecule has 30 heavy (non-hydrogen) atoms. The average Bonchev–Trinajstić information content (AvgIpc) is 2.73. The molecule has 4 heteroatoms. The highest BCUT2D eigenvalue weighted by Crippen LogP contribution is 2.44. The average molecular weight is 430 g/mol. The van der Waals surface area contributed by atoms with E-state index in [2.05, 4.69) is 46.9 Å². The first-order valence-corrected chi connectivity index (χ1v) is 11.2. The molecule has 2 aromatic rings. The molecule has 2 rings (SSSR count). The Morgan fingerprint density at radius 2 is 1.50 bits per heavy atom. The lowest BCUT2D eigenvalue weighted by Gasteiger charge is -2.46. The maximum atomic E-state index is 13.9. The maximum absolute atomic E-state index is 13.9. The normalized spacial score (nSPS) is 14.1. The number of carbonyl (C=O) groups excluding carboxylic acids is 1. The highest BCUT2D eigenvalue weighted by Gasteiger charge is 2.53. The zero-order chi connectivity index (χ0) is 22.4. The number of rotatable bonds is 10. The molecule has 164 valence electrons. The molecule has 0 aliphatic rings. The third-order valence-electron chi connectivity index (χ3n) is 6.59. The van der Waals surface area contributed by atoms with Crippen molar-refractivity contribution < 1.29 is 9.53 Å². The van der Waals surface area contributed by atoms with Crippen LogP contribution in [-0.4, -0.2) is 11.5 Å². The van der Waals surface area contributed by atoms with Crippen LogP contribution >= 0.6 is 11.6 Å². The molecule has 0 spiro atoms.